The van der Waals surface area contributed by atoms with Gasteiger partial charge in [0, 0.05) is 17.0 Å². The lowest BCUT2D eigenvalue weighted by molar-refractivity contribution is -0.167. The first kappa shape index (κ1) is 23.6. The van der Waals surface area contributed by atoms with Crippen LogP contribution in [0.5, 0.6) is 0 Å². The van der Waals surface area contributed by atoms with E-state index < -0.39 is 17.5 Å². The molecule has 2 N–H and O–H groups in total. The van der Waals surface area contributed by atoms with Gasteiger partial charge in [0.1, 0.15) is 5.58 Å². The first-order valence-electron chi connectivity index (χ1n) is 12.2. The molecule has 2 heterocycles. The minimum absolute atomic E-state index is 0.472. The molecule has 6 heteroatoms. The number of rotatable bonds is 7. The summed E-state index contributed by atoms with van der Waals surface area (Å²) in [4.78, 5) is 26.8. The van der Waals surface area contributed by atoms with E-state index in [-0.39, 0.29) is 0 Å². The molecule has 2 fully saturated rings. The Kier molecular flexibility index (Phi) is 7.23. The fraction of sp³-hybridized carbons (Fsp3) is 0.556. The highest BCUT2D eigenvalue weighted by atomic mass is 16.6. The number of primary amides is 1. The number of furan rings is 1. The third-order valence-corrected chi connectivity index (χ3v) is 7.46. The molecular formula is C27H36N2O4. The maximum absolute atomic E-state index is 12.1. The SMILES string of the molecule is CC(C)=CC(=O)OC1(C(N)=O)CCC(CCN2CCC(c3coc4ccccc34)CC2)CC1. The van der Waals surface area contributed by atoms with Crippen LogP contribution in [0.15, 0.2) is 46.6 Å². The zero-order valence-electron chi connectivity index (χ0n) is 19.8. The van der Waals surface area contributed by atoms with E-state index in [0.29, 0.717) is 24.7 Å². The minimum atomic E-state index is -1.15. The van der Waals surface area contributed by atoms with Crippen LogP contribution >= 0.6 is 0 Å². The lowest BCUT2D eigenvalue weighted by atomic mass is 9.77. The Balaban J connectivity index is 1.24. The second-order valence-electron chi connectivity index (χ2n) is 10.0. The van der Waals surface area contributed by atoms with Gasteiger partial charge in [-0.2, -0.15) is 0 Å². The van der Waals surface area contributed by atoms with E-state index in [1.165, 1.54) is 17.0 Å². The van der Waals surface area contributed by atoms with Gasteiger partial charge in [-0.25, -0.2) is 4.79 Å². The zero-order chi connectivity index (χ0) is 23.4. The van der Waals surface area contributed by atoms with Gasteiger partial charge in [0.25, 0.3) is 5.91 Å². The van der Waals surface area contributed by atoms with Crippen molar-refractivity contribution in [1.29, 1.82) is 0 Å². The predicted octanol–water partition coefficient (Wildman–Crippen LogP) is 4.93. The molecule has 0 atom stereocenters. The van der Waals surface area contributed by atoms with Crippen LogP contribution in [-0.2, 0) is 14.3 Å². The Bertz CT molecular complexity index is 1000. The minimum Gasteiger partial charge on any atom is -0.464 e. The van der Waals surface area contributed by atoms with Crippen LogP contribution in [0.2, 0.25) is 0 Å². The van der Waals surface area contributed by atoms with Gasteiger partial charge >= 0.3 is 5.97 Å². The quantitative estimate of drug-likeness (QED) is 0.476. The van der Waals surface area contributed by atoms with Crippen molar-refractivity contribution in [2.45, 2.75) is 70.3 Å². The average Bonchev–Trinajstić information content (AvgIpc) is 3.22. The van der Waals surface area contributed by atoms with Crippen LogP contribution in [0.25, 0.3) is 11.0 Å². The number of carbonyl (C=O) groups excluding carboxylic acids is 2. The van der Waals surface area contributed by atoms with E-state index in [2.05, 4.69) is 17.0 Å². The Morgan fingerprint density at radius 2 is 1.85 bits per heavy atom. The molecule has 0 radical (unpaired) electrons. The molecule has 2 aliphatic rings. The lowest BCUT2D eigenvalue weighted by Crippen LogP contribution is -2.50. The number of amides is 1. The molecule has 0 bridgehead atoms. The number of hydrogen-bond acceptors (Lipinski definition) is 5. The van der Waals surface area contributed by atoms with E-state index >= 15 is 0 Å². The second kappa shape index (κ2) is 10.1. The van der Waals surface area contributed by atoms with Crippen molar-refractivity contribution in [2.75, 3.05) is 19.6 Å². The number of allylic oxidation sites excluding steroid dienone is 1. The number of ether oxygens (including phenoxy) is 1. The molecule has 178 valence electrons. The van der Waals surface area contributed by atoms with Crippen LogP contribution in [0.4, 0.5) is 0 Å². The van der Waals surface area contributed by atoms with Crippen molar-refractivity contribution in [2.24, 2.45) is 11.7 Å². The first-order valence-corrected chi connectivity index (χ1v) is 12.2. The van der Waals surface area contributed by atoms with Gasteiger partial charge in [-0.3, -0.25) is 4.79 Å². The Morgan fingerprint density at radius 3 is 2.52 bits per heavy atom. The standard InChI is InChI=1S/C27H36N2O4/c1-19(2)17-25(30)33-27(26(28)31)12-7-20(8-13-27)9-14-29-15-10-21(11-16-29)23-18-32-24-6-4-3-5-22(23)24/h3-6,17-18,20-21H,7-16H2,1-2H3,(H2,28,31). The summed E-state index contributed by atoms with van der Waals surface area (Å²) in [7, 11) is 0. The van der Waals surface area contributed by atoms with Gasteiger partial charge in [0.05, 0.1) is 6.26 Å². The van der Waals surface area contributed by atoms with Crippen molar-refractivity contribution < 1.29 is 18.7 Å². The third kappa shape index (κ3) is 5.49. The molecule has 1 aliphatic heterocycles. The summed E-state index contributed by atoms with van der Waals surface area (Å²) in [5.74, 6) is 0.104. The second-order valence-corrected chi connectivity index (χ2v) is 10.0. The van der Waals surface area contributed by atoms with Gasteiger partial charge in [-0.05, 0) is 96.3 Å². The van der Waals surface area contributed by atoms with Crippen LogP contribution in [0, 0.1) is 5.92 Å². The number of nitrogens with zero attached hydrogens (tertiary/aromatic N) is 1. The van der Waals surface area contributed by atoms with Gasteiger partial charge in [-0.1, -0.05) is 23.8 Å². The highest BCUT2D eigenvalue weighted by Crippen LogP contribution is 2.38. The van der Waals surface area contributed by atoms with Crippen LogP contribution < -0.4 is 5.73 Å². The number of benzene rings is 1. The number of hydrogen-bond donors (Lipinski definition) is 1. The number of para-hydroxylation sites is 1. The van der Waals surface area contributed by atoms with Crippen molar-refractivity contribution in [3.63, 3.8) is 0 Å². The largest absolute Gasteiger partial charge is 0.464 e. The van der Waals surface area contributed by atoms with E-state index in [1.54, 1.807) is 0 Å². The summed E-state index contributed by atoms with van der Waals surface area (Å²) in [6.45, 7) is 6.93. The van der Waals surface area contributed by atoms with E-state index in [1.807, 2.05) is 32.2 Å². The molecular weight excluding hydrogens is 416 g/mol. The average molecular weight is 453 g/mol. The highest BCUT2D eigenvalue weighted by molar-refractivity contribution is 5.90. The van der Waals surface area contributed by atoms with Gasteiger partial charge in [0.2, 0.25) is 0 Å². The molecule has 0 spiro atoms. The van der Waals surface area contributed by atoms with E-state index in [4.69, 9.17) is 14.9 Å². The van der Waals surface area contributed by atoms with Crippen molar-refractivity contribution in [1.82, 2.24) is 4.90 Å². The number of fused-ring (bicyclic) bond motifs is 1. The molecule has 2 aromatic rings. The predicted molar refractivity (Wildman–Crippen MR) is 129 cm³/mol. The molecule has 1 aromatic heterocycles. The fourth-order valence-corrected chi connectivity index (χ4v) is 5.44. The number of piperidine rings is 1. The van der Waals surface area contributed by atoms with E-state index in [9.17, 15) is 9.59 Å². The van der Waals surface area contributed by atoms with Crippen molar-refractivity contribution in [3.05, 3.63) is 47.7 Å². The molecule has 1 saturated heterocycles. The van der Waals surface area contributed by atoms with Crippen molar-refractivity contribution >= 4 is 22.8 Å². The molecule has 6 nitrogen and oxygen atoms in total. The summed E-state index contributed by atoms with van der Waals surface area (Å²) in [6, 6.07) is 8.29. The Labute approximate surface area is 196 Å². The first-order chi connectivity index (χ1) is 15.9. The molecule has 1 saturated carbocycles. The number of carbonyl (C=O) groups is 2. The zero-order valence-corrected chi connectivity index (χ0v) is 19.8. The van der Waals surface area contributed by atoms with Crippen LogP contribution in [-0.4, -0.2) is 42.0 Å². The third-order valence-electron chi connectivity index (χ3n) is 7.46. The molecule has 1 aliphatic carbocycles. The molecule has 1 amide bonds. The fourth-order valence-electron chi connectivity index (χ4n) is 5.44. The molecule has 4 rings (SSSR count). The summed E-state index contributed by atoms with van der Waals surface area (Å²) in [5.41, 5.74) is 7.68. The monoisotopic (exact) mass is 452 g/mol. The number of esters is 1. The molecule has 33 heavy (non-hydrogen) atoms. The van der Waals surface area contributed by atoms with Gasteiger partial charge < -0.3 is 19.8 Å². The van der Waals surface area contributed by atoms with Crippen LogP contribution in [0.1, 0.15) is 70.3 Å². The summed E-state index contributed by atoms with van der Waals surface area (Å²) < 4.78 is 11.3. The van der Waals surface area contributed by atoms with Gasteiger partial charge in [-0.15, -0.1) is 0 Å². The number of likely N-dealkylation sites (tertiary alicyclic amines) is 1. The lowest BCUT2D eigenvalue weighted by Gasteiger charge is -2.38. The Morgan fingerprint density at radius 1 is 1.15 bits per heavy atom. The maximum Gasteiger partial charge on any atom is 0.331 e. The topological polar surface area (TPSA) is 85.8 Å². The summed E-state index contributed by atoms with van der Waals surface area (Å²) in [6.07, 6.45) is 9.55. The number of nitrogens with two attached hydrogens (primary N) is 1. The van der Waals surface area contributed by atoms with Crippen LogP contribution in [0.3, 0.4) is 0 Å². The van der Waals surface area contributed by atoms with Gasteiger partial charge in [0.15, 0.2) is 5.60 Å². The molecule has 1 aromatic carbocycles. The maximum atomic E-state index is 12.1. The summed E-state index contributed by atoms with van der Waals surface area (Å²) in [5, 5.41) is 1.25. The highest BCUT2D eigenvalue weighted by Gasteiger charge is 2.43. The van der Waals surface area contributed by atoms with Crippen molar-refractivity contribution in [3.8, 4) is 0 Å². The summed E-state index contributed by atoms with van der Waals surface area (Å²) >= 11 is 0. The van der Waals surface area contributed by atoms with E-state index in [0.717, 1.165) is 62.9 Å². The molecule has 0 unspecified atom stereocenters. The smallest absolute Gasteiger partial charge is 0.331 e. The Hall–Kier alpha value is -2.60. The normalized spacial score (nSPS) is 24.5.